The number of esters is 1. The average Bonchev–Trinajstić information content (AvgIpc) is 2.47. The van der Waals surface area contributed by atoms with Gasteiger partial charge in [-0.05, 0) is 31.2 Å². The first-order chi connectivity index (χ1) is 9.63. The molecule has 1 heterocycles. The lowest BCUT2D eigenvalue weighted by Crippen LogP contribution is -2.10. The van der Waals surface area contributed by atoms with E-state index in [1.165, 1.54) is 12.3 Å². The number of hydrogen-bond donors (Lipinski definition) is 0. The van der Waals surface area contributed by atoms with Crippen LogP contribution in [-0.2, 0) is 0 Å². The standard InChI is InChI=1S/C14H11Cl2NO3/c1-2-19-13-9(15)6-7-11(12(13)16)20-14(18)10-5-3-4-8-17-10/h3-8H,2H2,1H3. The predicted molar refractivity (Wildman–Crippen MR) is 76.8 cm³/mol. The lowest BCUT2D eigenvalue weighted by molar-refractivity contribution is 0.0728. The first-order valence-corrected chi connectivity index (χ1v) is 6.63. The van der Waals surface area contributed by atoms with Gasteiger partial charge in [-0.1, -0.05) is 29.3 Å². The Morgan fingerprint density at radius 3 is 2.70 bits per heavy atom. The molecule has 2 rings (SSSR count). The number of rotatable bonds is 4. The Hall–Kier alpha value is -1.78. The zero-order chi connectivity index (χ0) is 14.5. The fourth-order valence-corrected chi connectivity index (χ4v) is 2.02. The second-order valence-corrected chi connectivity index (χ2v) is 4.51. The van der Waals surface area contributed by atoms with Gasteiger partial charge < -0.3 is 9.47 Å². The van der Waals surface area contributed by atoms with E-state index >= 15 is 0 Å². The smallest absolute Gasteiger partial charge is 0.362 e. The molecule has 0 unspecified atom stereocenters. The van der Waals surface area contributed by atoms with E-state index in [9.17, 15) is 4.79 Å². The van der Waals surface area contributed by atoms with Gasteiger partial charge in [0.1, 0.15) is 10.7 Å². The Kier molecular flexibility index (Phi) is 4.82. The number of aromatic nitrogens is 1. The third kappa shape index (κ3) is 3.21. The Morgan fingerprint density at radius 1 is 1.25 bits per heavy atom. The van der Waals surface area contributed by atoms with E-state index in [1.54, 1.807) is 31.2 Å². The van der Waals surface area contributed by atoms with Crippen molar-refractivity contribution in [2.24, 2.45) is 0 Å². The van der Waals surface area contributed by atoms with Crippen molar-refractivity contribution in [3.05, 3.63) is 52.3 Å². The minimum absolute atomic E-state index is 0.156. The van der Waals surface area contributed by atoms with Crippen LogP contribution in [0, 0.1) is 0 Å². The summed E-state index contributed by atoms with van der Waals surface area (Å²) < 4.78 is 10.5. The van der Waals surface area contributed by atoms with Gasteiger partial charge >= 0.3 is 5.97 Å². The summed E-state index contributed by atoms with van der Waals surface area (Å²) >= 11 is 12.1. The van der Waals surface area contributed by atoms with Crippen LogP contribution in [0.25, 0.3) is 0 Å². The molecule has 0 aliphatic rings. The molecule has 6 heteroatoms. The van der Waals surface area contributed by atoms with E-state index in [1.807, 2.05) is 0 Å². The number of hydrogen-bond acceptors (Lipinski definition) is 4. The van der Waals surface area contributed by atoms with Gasteiger partial charge in [0.15, 0.2) is 11.5 Å². The molecule has 0 spiro atoms. The molecule has 0 saturated carbocycles. The summed E-state index contributed by atoms with van der Waals surface area (Å²) in [5.74, 6) is -0.130. The Balaban J connectivity index is 2.26. The maximum absolute atomic E-state index is 11.9. The van der Waals surface area contributed by atoms with Gasteiger partial charge in [-0.15, -0.1) is 0 Å². The molecule has 0 atom stereocenters. The summed E-state index contributed by atoms with van der Waals surface area (Å²) in [6.45, 7) is 2.20. The highest BCUT2D eigenvalue weighted by atomic mass is 35.5. The van der Waals surface area contributed by atoms with E-state index in [2.05, 4.69) is 4.98 Å². The maximum Gasteiger partial charge on any atom is 0.362 e. The van der Waals surface area contributed by atoms with Crippen molar-refractivity contribution in [3.8, 4) is 11.5 Å². The highest BCUT2D eigenvalue weighted by Crippen LogP contribution is 2.39. The molecule has 0 N–H and O–H groups in total. The summed E-state index contributed by atoms with van der Waals surface area (Å²) in [5, 5.41) is 0.512. The monoisotopic (exact) mass is 311 g/mol. The minimum atomic E-state index is -0.600. The van der Waals surface area contributed by atoms with Crippen LogP contribution in [0.4, 0.5) is 0 Å². The first kappa shape index (κ1) is 14.6. The van der Waals surface area contributed by atoms with E-state index in [-0.39, 0.29) is 16.5 Å². The van der Waals surface area contributed by atoms with Crippen LogP contribution in [0.2, 0.25) is 10.0 Å². The van der Waals surface area contributed by atoms with Crippen LogP contribution in [0.15, 0.2) is 36.5 Å². The van der Waals surface area contributed by atoms with Crippen LogP contribution in [0.5, 0.6) is 11.5 Å². The van der Waals surface area contributed by atoms with Crippen molar-refractivity contribution < 1.29 is 14.3 Å². The number of ether oxygens (including phenoxy) is 2. The highest BCUT2D eigenvalue weighted by Gasteiger charge is 2.17. The number of benzene rings is 1. The van der Waals surface area contributed by atoms with Crippen LogP contribution in [0.3, 0.4) is 0 Å². The maximum atomic E-state index is 11.9. The van der Waals surface area contributed by atoms with Crippen molar-refractivity contribution in [3.63, 3.8) is 0 Å². The topological polar surface area (TPSA) is 48.4 Å². The number of carbonyl (C=O) groups excluding carboxylic acids is 1. The molecular formula is C14H11Cl2NO3. The normalized spacial score (nSPS) is 10.2. The quantitative estimate of drug-likeness (QED) is 0.632. The van der Waals surface area contributed by atoms with Crippen molar-refractivity contribution in [1.82, 2.24) is 4.98 Å². The summed E-state index contributed by atoms with van der Waals surface area (Å²) in [6.07, 6.45) is 1.51. The molecule has 0 aliphatic heterocycles. The Morgan fingerprint density at radius 2 is 2.05 bits per heavy atom. The molecule has 0 saturated heterocycles. The van der Waals surface area contributed by atoms with Crippen LogP contribution in [0.1, 0.15) is 17.4 Å². The second kappa shape index (κ2) is 6.59. The third-order valence-corrected chi connectivity index (χ3v) is 3.03. The molecule has 1 aromatic carbocycles. The average molecular weight is 312 g/mol. The fraction of sp³-hybridized carbons (Fsp3) is 0.143. The molecule has 2 aromatic rings. The van der Waals surface area contributed by atoms with Crippen molar-refractivity contribution >= 4 is 29.2 Å². The third-order valence-electron chi connectivity index (χ3n) is 2.38. The van der Waals surface area contributed by atoms with E-state index < -0.39 is 5.97 Å². The minimum Gasteiger partial charge on any atom is -0.491 e. The largest absolute Gasteiger partial charge is 0.491 e. The van der Waals surface area contributed by atoms with Crippen molar-refractivity contribution in [2.45, 2.75) is 6.92 Å². The SMILES string of the molecule is CCOc1c(Cl)ccc(OC(=O)c2ccccn2)c1Cl. The van der Waals surface area contributed by atoms with Crippen molar-refractivity contribution in [2.75, 3.05) is 6.61 Å². The van der Waals surface area contributed by atoms with Crippen LogP contribution in [-0.4, -0.2) is 17.6 Å². The number of pyridine rings is 1. The Bertz CT molecular complexity index is 617. The number of nitrogens with zero attached hydrogens (tertiary/aromatic N) is 1. The predicted octanol–water partition coefficient (Wildman–Crippen LogP) is 4.01. The van der Waals surface area contributed by atoms with Gasteiger partial charge in [-0.2, -0.15) is 0 Å². The molecule has 104 valence electrons. The van der Waals surface area contributed by atoms with Crippen LogP contribution < -0.4 is 9.47 Å². The summed E-state index contributed by atoms with van der Waals surface area (Å²) in [5.41, 5.74) is 0.191. The van der Waals surface area contributed by atoms with Gasteiger partial charge in [0, 0.05) is 6.20 Å². The van der Waals surface area contributed by atoms with E-state index in [4.69, 9.17) is 32.7 Å². The molecule has 0 bridgehead atoms. The zero-order valence-corrected chi connectivity index (χ0v) is 12.1. The van der Waals surface area contributed by atoms with Crippen molar-refractivity contribution in [1.29, 1.82) is 0 Å². The van der Waals surface area contributed by atoms with Crippen LogP contribution >= 0.6 is 23.2 Å². The zero-order valence-electron chi connectivity index (χ0n) is 10.6. The van der Waals surface area contributed by atoms with Gasteiger partial charge in [0.2, 0.25) is 0 Å². The van der Waals surface area contributed by atoms with Gasteiger partial charge in [0.05, 0.1) is 11.6 Å². The number of halogens is 2. The first-order valence-electron chi connectivity index (χ1n) is 5.87. The molecular weight excluding hydrogens is 301 g/mol. The summed E-state index contributed by atoms with van der Waals surface area (Å²) in [6, 6.07) is 8.01. The van der Waals surface area contributed by atoms with Gasteiger partial charge in [-0.3, -0.25) is 0 Å². The fourth-order valence-electron chi connectivity index (χ4n) is 1.51. The number of carbonyl (C=O) groups is 1. The second-order valence-electron chi connectivity index (χ2n) is 3.73. The molecule has 1 aromatic heterocycles. The highest BCUT2D eigenvalue weighted by molar-refractivity contribution is 6.38. The lowest BCUT2D eigenvalue weighted by atomic mass is 10.3. The Labute approximate surface area is 126 Å². The van der Waals surface area contributed by atoms with E-state index in [0.717, 1.165) is 0 Å². The molecule has 0 fully saturated rings. The summed E-state index contributed by atoms with van der Waals surface area (Å²) in [7, 11) is 0. The molecule has 20 heavy (non-hydrogen) atoms. The molecule has 0 radical (unpaired) electrons. The van der Waals surface area contributed by atoms with E-state index in [0.29, 0.717) is 17.4 Å². The summed E-state index contributed by atoms with van der Waals surface area (Å²) in [4.78, 5) is 15.8. The molecule has 0 amide bonds. The van der Waals surface area contributed by atoms with Gasteiger partial charge in [0.25, 0.3) is 0 Å². The lowest BCUT2D eigenvalue weighted by Gasteiger charge is -2.11. The van der Waals surface area contributed by atoms with Gasteiger partial charge in [-0.25, -0.2) is 9.78 Å². The molecule has 0 aliphatic carbocycles. The molecule has 4 nitrogen and oxygen atoms in total.